The van der Waals surface area contributed by atoms with Crippen LogP contribution in [-0.4, -0.2) is 30.1 Å². The van der Waals surface area contributed by atoms with Crippen LogP contribution in [0, 0.1) is 11.7 Å². The van der Waals surface area contributed by atoms with Crippen molar-refractivity contribution in [1.29, 1.82) is 0 Å². The number of amides is 1. The molecule has 1 aromatic rings. The second kappa shape index (κ2) is 6.47. The van der Waals surface area contributed by atoms with Crippen LogP contribution in [0.4, 0.5) is 10.1 Å². The van der Waals surface area contributed by atoms with E-state index < -0.39 is 17.3 Å². The molecule has 0 spiro atoms. The summed E-state index contributed by atoms with van der Waals surface area (Å²) in [5, 5.41) is 14.5. The molecule has 0 aromatic heterocycles. The van der Waals surface area contributed by atoms with Crippen molar-refractivity contribution in [3.8, 4) is 0 Å². The molecule has 1 atom stereocenters. The lowest BCUT2D eigenvalue weighted by molar-refractivity contribution is -0.116. The third-order valence-electron chi connectivity index (χ3n) is 3.43. The molecular weight excluding hydrogens is 263 g/mol. The molecule has 0 bridgehead atoms. The zero-order chi connectivity index (χ0) is 14.5. The maximum atomic E-state index is 13.4. The van der Waals surface area contributed by atoms with Crippen molar-refractivity contribution in [1.82, 2.24) is 5.32 Å². The Morgan fingerprint density at radius 3 is 2.85 bits per heavy atom. The fourth-order valence-electron chi connectivity index (χ4n) is 2.29. The van der Waals surface area contributed by atoms with Crippen LogP contribution in [0.2, 0.25) is 0 Å². The molecule has 1 heterocycles. The monoisotopic (exact) mass is 280 g/mol. The summed E-state index contributed by atoms with van der Waals surface area (Å²) in [5.74, 6) is -1.84. The molecule has 1 fully saturated rings. The van der Waals surface area contributed by atoms with Crippen molar-refractivity contribution in [3.05, 3.63) is 29.6 Å². The number of benzene rings is 1. The van der Waals surface area contributed by atoms with Gasteiger partial charge >= 0.3 is 5.97 Å². The van der Waals surface area contributed by atoms with Gasteiger partial charge in [-0.3, -0.25) is 4.79 Å². The summed E-state index contributed by atoms with van der Waals surface area (Å²) in [6, 6.07) is 3.56. The van der Waals surface area contributed by atoms with Crippen molar-refractivity contribution < 1.29 is 19.1 Å². The third-order valence-corrected chi connectivity index (χ3v) is 3.43. The molecule has 5 nitrogen and oxygen atoms in total. The zero-order valence-electron chi connectivity index (χ0n) is 11.0. The molecule has 20 heavy (non-hydrogen) atoms. The second-order valence-corrected chi connectivity index (χ2v) is 4.95. The van der Waals surface area contributed by atoms with Crippen LogP contribution >= 0.6 is 0 Å². The Kier molecular flexibility index (Phi) is 4.68. The van der Waals surface area contributed by atoms with Gasteiger partial charge in [0.05, 0.1) is 5.56 Å². The minimum atomic E-state index is -1.32. The zero-order valence-corrected chi connectivity index (χ0v) is 11.0. The highest BCUT2D eigenvalue weighted by Crippen LogP contribution is 2.17. The van der Waals surface area contributed by atoms with E-state index in [1.807, 2.05) is 0 Å². The molecule has 3 N–H and O–H groups in total. The summed E-state index contributed by atoms with van der Waals surface area (Å²) in [4.78, 5) is 22.4. The highest BCUT2D eigenvalue weighted by Gasteiger charge is 2.16. The van der Waals surface area contributed by atoms with Gasteiger partial charge < -0.3 is 15.7 Å². The number of halogens is 1. The molecule has 1 aliphatic heterocycles. The topological polar surface area (TPSA) is 78.4 Å². The number of carboxylic acids is 1. The normalized spacial score (nSPS) is 17.9. The number of aromatic carboxylic acids is 1. The number of hydrogen-bond acceptors (Lipinski definition) is 3. The number of anilines is 1. The van der Waals surface area contributed by atoms with Crippen LogP contribution < -0.4 is 10.6 Å². The average molecular weight is 280 g/mol. The Balaban J connectivity index is 1.87. The predicted octanol–water partition coefficient (Wildman–Crippen LogP) is 1.85. The smallest absolute Gasteiger partial charge is 0.338 e. The molecule has 1 amide bonds. The van der Waals surface area contributed by atoms with E-state index in [1.165, 1.54) is 6.07 Å². The summed E-state index contributed by atoms with van der Waals surface area (Å²) < 4.78 is 13.4. The van der Waals surface area contributed by atoms with Gasteiger partial charge in [0.15, 0.2) is 0 Å². The summed E-state index contributed by atoms with van der Waals surface area (Å²) in [7, 11) is 0. The van der Waals surface area contributed by atoms with Crippen molar-refractivity contribution in [2.45, 2.75) is 19.3 Å². The maximum absolute atomic E-state index is 13.4. The fourth-order valence-corrected chi connectivity index (χ4v) is 2.29. The van der Waals surface area contributed by atoms with Gasteiger partial charge in [0.1, 0.15) is 5.82 Å². The lowest BCUT2D eigenvalue weighted by Gasteiger charge is -2.09. The van der Waals surface area contributed by atoms with E-state index in [2.05, 4.69) is 10.6 Å². The van der Waals surface area contributed by atoms with Crippen molar-refractivity contribution in [3.63, 3.8) is 0 Å². The quantitative estimate of drug-likeness (QED) is 0.769. The van der Waals surface area contributed by atoms with Crippen LogP contribution in [0.5, 0.6) is 0 Å². The molecule has 6 heteroatoms. The summed E-state index contributed by atoms with van der Waals surface area (Å²) in [6.45, 7) is 1.93. The Labute approximate surface area is 116 Å². The van der Waals surface area contributed by atoms with Gasteiger partial charge in [-0.25, -0.2) is 9.18 Å². The number of carbonyl (C=O) groups excluding carboxylic acids is 1. The number of hydrogen-bond donors (Lipinski definition) is 3. The second-order valence-electron chi connectivity index (χ2n) is 4.95. The fraction of sp³-hybridized carbons (Fsp3) is 0.429. The van der Waals surface area contributed by atoms with E-state index in [1.54, 1.807) is 0 Å². The van der Waals surface area contributed by atoms with E-state index in [0.717, 1.165) is 38.1 Å². The minimum Gasteiger partial charge on any atom is -0.478 e. The summed E-state index contributed by atoms with van der Waals surface area (Å²) in [6.07, 6.45) is 2.26. The van der Waals surface area contributed by atoms with E-state index in [9.17, 15) is 14.0 Å². The first kappa shape index (κ1) is 14.5. The van der Waals surface area contributed by atoms with Crippen LogP contribution in [-0.2, 0) is 4.79 Å². The Bertz CT molecular complexity index is 513. The first-order chi connectivity index (χ1) is 9.56. The molecule has 1 aliphatic rings. The van der Waals surface area contributed by atoms with Gasteiger partial charge in [-0.05, 0) is 50.0 Å². The van der Waals surface area contributed by atoms with Crippen LogP contribution in [0.25, 0.3) is 0 Å². The van der Waals surface area contributed by atoms with Crippen LogP contribution in [0.3, 0.4) is 0 Å². The molecule has 108 valence electrons. The molecule has 0 radical (unpaired) electrons. The minimum absolute atomic E-state index is 0.181. The van der Waals surface area contributed by atoms with Gasteiger partial charge in [0, 0.05) is 12.1 Å². The first-order valence-electron chi connectivity index (χ1n) is 6.59. The lowest BCUT2D eigenvalue weighted by atomic mass is 10.0. The molecule has 0 aliphatic carbocycles. The summed E-state index contributed by atoms with van der Waals surface area (Å²) >= 11 is 0. The van der Waals surface area contributed by atoms with Crippen molar-refractivity contribution in [2.75, 3.05) is 18.4 Å². The van der Waals surface area contributed by atoms with E-state index in [4.69, 9.17) is 5.11 Å². The number of carbonyl (C=O) groups is 2. The van der Waals surface area contributed by atoms with Crippen LogP contribution in [0.1, 0.15) is 29.6 Å². The highest BCUT2D eigenvalue weighted by atomic mass is 19.1. The standard InChI is InChI=1S/C14H17FN2O3/c15-12-7-10(2-3-11(12)14(19)20)17-13(18)4-1-9-5-6-16-8-9/h2-3,7,9,16H,1,4-6,8H2,(H,17,18)(H,19,20). The first-order valence-corrected chi connectivity index (χ1v) is 6.59. The van der Waals surface area contributed by atoms with Gasteiger partial charge in [0.2, 0.25) is 5.91 Å². The van der Waals surface area contributed by atoms with Crippen LogP contribution in [0.15, 0.2) is 18.2 Å². The van der Waals surface area contributed by atoms with Crippen molar-refractivity contribution >= 4 is 17.6 Å². The molecule has 0 saturated carbocycles. The predicted molar refractivity (Wildman–Crippen MR) is 72.2 cm³/mol. The van der Waals surface area contributed by atoms with Gasteiger partial charge in [-0.1, -0.05) is 0 Å². The molecule has 1 saturated heterocycles. The molecule has 2 rings (SSSR count). The number of rotatable bonds is 5. The Hall–Kier alpha value is -1.95. The molecule has 1 unspecified atom stereocenters. The van der Waals surface area contributed by atoms with Gasteiger partial charge in [0.25, 0.3) is 0 Å². The van der Waals surface area contributed by atoms with Crippen molar-refractivity contribution in [2.24, 2.45) is 5.92 Å². The number of carboxylic acid groups (broad SMARTS) is 1. The lowest BCUT2D eigenvalue weighted by Crippen LogP contribution is -2.15. The molecule has 1 aromatic carbocycles. The third kappa shape index (κ3) is 3.77. The van der Waals surface area contributed by atoms with E-state index in [-0.39, 0.29) is 11.6 Å². The maximum Gasteiger partial charge on any atom is 0.338 e. The Morgan fingerprint density at radius 1 is 1.45 bits per heavy atom. The number of nitrogens with one attached hydrogen (secondary N) is 2. The SMILES string of the molecule is O=C(CCC1CCNC1)Nc1ccc(C(=O)O)c(F)c1. The average Bonchev–Trinajstić information content (AvgIpc) is 2.89. The molecular formula is C14H17FN2O3. The van der Waals surface area contributed by atoms with Gasteiger partial charge in [-0.15, -0.1) is 0 Å². The highest BCUT2D eigenvalue weighted by molar-refractivity contribution is 5.92. The van der Waals surface area contributed by atoms with E-state index in [0.29, 0.717) is 12.3 Å². The Morgan fingerprint density at radius 2 is 2.25 bits per heavy atom. The largest absolute Gasteiger partial charge is 0.478 e. The van der Waals surface area contributed by atoms with E-state index >= 15 is 0 Å². The summed E-state index contributed by atoms with van der Waals surface area (Å²) in [5.41, 5.74) is -0.123. The van der Waals surface area contributed by atoms with Gasteiger partial charge in [-0.2, -0.15) is 0 Å².